The van der Waals surface area contributed by atoms with Crippen molar-refractivity contribution in [2.24, 2.45) is 0 Å². The summed E-state index contributed by atoms with van der Waals surface area (Å²) in [5, 5.41) is 0. The maximum absolute atomic E-state index is 5.43. The Bertz CT molecular complexity index is 148. The van der Waals surface area contributed by atoms with Crippen LogP contribution in [0, 0.1) is 6.92 Å². The third kappa shape index (κ3) is 2.22. The number of nitrogen functional groups attached to an aromatic ring is 1. The predicted octanol–water partition coefficient (Wildman–Crippen LogP) is 0.393. The third-order valence-electron chi connectivity index (χ3n) is 1.08. The van der Waals surface area contributed by atoms with Gasteiger partial charge < -0.3 is 5.73 Å². The van der Waals surface area contributed by atoms with Crippen molar-refractivity contribution < 1.29 is 0 Å². The van der Waals surface area contributed by atoms with Gasteiger partial charge in [0.15, 0.2) is 0 Å². The van der Waals surface area contributed by atoms with Crippen molar-refractivity contribution in [2.45, 2.75) is 6.92 Å². The third-order valence-corrected chi connectivity index (χ3v) is 1.08. The van der Waals surface area contributed by atoms with Crippen LogP contribution >= 0.6 is 0 Å². The molecule has 0 aliphatic rings. The van der Waals surface area contributed by atoms with E-state index in [9.17, 15) is 0 Å². The second kappa shape index (κ2) is 3.18. The Hall–Kier alpha value is -0.915. The van der Waals surface area contributed by atoms with Crippen LogP contribution in [0.25, 0.3) is 0 Å². The Morgan fingerprint density at radius 1 is 1.11 bits per heavy atom. The molecule has 0 saturated heterocycles. The van der Waals surface area contributed by atoms with Crippen LogP contribution in [-0.4, -0.2) is 8.41 Å². The molecule has 1 aromatic carbocycles. The Morgan fingerprint density at radius 3 is 1.89 bits per heavy atom. The van der Waals surface area contributed by atoms with E-state index in [1.54, 1.807) is 0 Å². The number of nitrogens with two attached hydrogens (primary N) is 1. The zero-order valence-electron chi connectivity index (χ0n) is 4.89. The normalized spacial score (nSPS) is 8.11. The Balaban J connectivity index is 0.000000640. The van der Waals surface area contributed by atoms with Crippen molar-refractivity contribution in [1.82, 2.24) is 0 Å². The smallest absolute Gasteiger partial charge is 0.0814 e. The second-order valence-electron chi connectivity index (χ2n) is 1.91. The van der Waals surface area contributed by atoms with Crippen LogP contribution in [0.4, 0.5) is 5.69 Å². The predicted molar refractivity (Wildman–Crippen MR) is 45.5 cm³/mol. The minimum absolute atomic E-state index is 0. The molecule has 2 heteroatoms. The van der Waals surface area contributed by atoms with Crippen LogP contribution in [0.2, 0.25) is 0 Å². The lowest BCUT2D eigenvalue weighted by molar-refractivity contribution is 1.47. The molecule has 0 spiro atoms. The zero-order chi connectivity index (χ0) is 5.98. The van der Waals surface area contributed by atoms with Gasteiger partial charge in [-0.1, -0.05) is 17.7 Å². The number of anilines is 1. The molecule has 1 aromatic rings. The molecule has 0 unspecified atom stereocenters. The minimum Gasteiger partial charge on any atom is -0.399 e. The van der Waals surface area contributed by atoms with Crippen molar-refractivity contribution >= 4 is 14.1 Å². The van der Waals surface area contributed by atoms with Gasteiger partial charge in [-0.3, -0.25) is 0 Å². The fourth-order valence-electron chi connectivity index (χ4n) is 0.566. The highest BCUT2D eigenvalue weighted by atomic mass is 14.5. The van der Waals surface area contributed by atoms with E-state index in [0.29, 0.717) is 0 Å². The van der Waals surface area contributed by atoms with E-state index < -0.39 is 0 Å². The summed E-state index contributed by atoms with van der Waals surface area (Å²) in [6.07, 6.45) is 0. The highest BCUT2D eigenvalue weighted by molar-refractivity contribution is 5.75. The number of hydrogen-bond acceptors (Lipinski definition) is 1. The Labute approximate surface area is 57.5 Å². The van der Waals surface area contributed by atoms with Gasteiger partial charge in [0.2, 0.25) is 0 Å². The van der Waals surface area contributed by atoms with Crippen molar-refractivity contribution in [3.63, 3.8) is 0 Å². The lowest BCUT2D eigenvalue weighted by Crippen LogP contribution is -1.81. The standard InChI is InChI=1S/C7H9N.BH3/c1-6-2-4-7(8)5-3-6;/h2-5H,8H2,1H3;1H3. The highest BCUT2D eigenvalue weighted by Crippen LogP contribution is 2.02. The summed E-state index contributed by atoms with van der Waals surface area (Å²) in [5.41, 5.74) is 7.51. The molecule has 0 fully saturated rings. The first-order chi connectivity index (χ1) is 3.79. The first kappa shape index (κ1) is 8.08. The number of aryl methyl sites for hydroxylation is 1. The molecular formula is C7H12BN. The monoisotopic (exact) mass is 121 g/mol. The molecule has 1 nitrogen and oxygen atoms in total. The molecule has 0 heterocycles. The van der Waals surface area contributed by atoms with E-state index in [0.717, 1.165) is 5.69 Å². The molecule has 48 valence electrons. The fourth-order valence-corrected chi connectivity index (χ4v) is 0.566. The van der Waals surface area contributed by atoms with Gasteiger partial charge in [0.25, 0.3) is 0 Å². The van der Waals surface area contributed by atoms with Gasteiger partial charge in [-0.15, -0.1) is 0 Å². The highest BCUT2D eigenvalue weighted by Gasteiger charge is 1.80. The largest absolute Gasteiger partial charge is 0.399 e. The topological polar surface area (TPSA) is 26.0 Å². The van der Waals surface area contributed by atoms with Gasteiger partial charge in [0, 0.05) is 5.69 Å². The molecule has 0 aliphatic carbocycles. The van der Waals surface area contributed by atoms with E-state index in [2.05, 4.69) is 0 Å². The number of benzene rings is 1. The summed E-state index contributed by atoms with van der Waals surface area (Å²) >= 11 is 0. The molecule has 0 aromatic heterocycles. The van der Waals surface area contributed by atoms with E-state index >= 15 is 0 Å². The van der Waals surface area contributed by atoms with Crippen molar-refractivity contribution in [2.75, 3.05) is 5.73 Å². The second-order valence-corrected chi connectivity index (χ2v) is 1.91. The average Bonchev–Trinajstić information content (AvgIpc) is 1.77. The van der Waals surface area contributed by atoms with Crippen LogP contribution in [-0.2, 0) is 0 Å². The molecule has 1 rings (SSSR count). The van der Waals surface area contributed by atoms with Crippen LogP contribution in [0.5, 0.6) is 0 Å². The van der Waals surface area contributed by atoms with Gasteiger partial charge in [-0.2, -0.15) is 0 Å². The number of rotatable bonds is 0. The maximum Gasteiger partial charge on any atom is 0.0814 e. The fraction of sp³-hybridized carbons (Fsp3) is 0.143. The lowest BCUT2D eigenvalue weighted by Gasteiger charge is -1.90. The Morgan fingerprint density at radius 2 is 1.56 bits per heavy atom. The summed E-state index contributed by atoms with van der Waals surface area (Å²) in [6.45, 7) is 2.04. The first-order valence-corrected chi connectivity index (χ1v) is 2.61. The van der Waals surface area contributed by atoms with Crippen molar-refractivity contribution in [1.29, 1.82) is 0 Å². The van der Waals surface area contributed by atoms with Gasteiger partial charge >= 0.3 is 0 Å². The SMILES string of the molecule is B.Cc1ccc(N)cc1. The van der Waals surface area contributed by atoms with E-state index in [1.165, 1.54) is 5.56 Å². The summed E-state index contributed by atoms with van der Waals surface area (Å²) in [4.78, 5) is 0. The van der Waals surface area contributed by atoms with Gasteiger partial charge in [-0.25, -0.2) is 0 Å². The molecule has 0 bridgehead atoms. The van der Waals surface area contributed by atoms with E-state index in [-0.39, 0.29) is 8.41 Å². The molecule has 9 heavy (non-hydrogen) atoms. The van der Waals surface area contributed by atoms with Gasteiger partial charge in [-0.05, 0) is 19.1 Å². The summed E-state index contributed by atoms with van der Waals surface area (Å²) in [7, 11) is 0. The van der Waals surface area contributed by atoms with Crippen molar-refractivity contribution in [3.8, 4) is 0 Å². The molecule has 0 atom stereocenters. The minimum atomic E-state index is 0. The lowest BCUT2D eigenvalue weighted by atomic mass is 10.2. The van der Waals surface area contributed by atoms with Gasteiger partial charge in [0.05, 0.1) is 8.41 Å². The molecule has 0 radical (unpaired) electrons. The number of hydrogen-bond donors (Lipinski definition) is 1. The molecule has 0 aliphatic heterocycles. The summed E-state index contributed by atoms with van der Waals surface area (Å²) in [5.74, 6) is 0. The summed E-state index contributed by atoms with van der Waals surface area (Å²) < 4.78 is 0. The molecule has 0 saturated carbocycles. The molecule has 2 N–H and O–H groups in total. The molecular weight excluding hydrogens is 109 g/mol. The summed E-state index contributed by atoms with van der Waals surface area (Å²) in [6, 6.07) is 7.79. The van der Waals surface area contributed by atoms with Crippen LogP contribution in [0.15, 0.2) is 24.3 Å². The van der Waals surface area contributed by atoms with Crippen LogP contribution in [0.3, 0.4) is 0 Å². The van der Waals surface area contributed by atoms with Crippen LogP contribution in [0.1, 0.15) is 5.56 Å². The average molecular weight is 121 g/mol. The van der Waals surface area contributed by atoms with E-state index in [4.69, 9.17) is 5.73 Å². The molecule has 0 amide bonds. The maximum atomic E-state index is 5.43. The van der Waals surface area contributed by atoms with Gasteiger partial charge in [0.1, 0.15) is 0 Å². The Kier molecular flexibility index (Phi) is 2.86. The zero-order valence-corrected chi connectivity index (χ0v) is 4.89. The van der Waals surface area contributed by atoms with Crippen molar-refractivity contribution in [3.05, 3.63) is 29.8 Å². The van der Waals surface area contributed by atoms with Crippen LogP contribution < -0.4 is 5.73 Å². The first-order valence-electron chi connectivity index (χ1n) is 2.61. The quantitative estimate of drug-likeness (QED) is 0.390. The van der Waals surface area contributed by atoms with E-state index in [1.807, 2.05) is 31.2 Å².